The molecule has 0 saturated carbocycles. The largest absolute Gasteiger partial charge is 0.497 e. The SMILES string of the molecule is COc1ccc(CNc2ccc3ncc(-c4ccc(OC)cc4)n3n2)cc1. The summed E-state index contributed by atoms with van der Waals surface area (Å²) in [6.07, 6.45) is 1.83. The second-order valence-electron chi connectivity index (χ2n) is 6.06. The lowest BCUT2D eigenvalue weighted by Crippen LogP contribution is -2.04. The fraction of sp³-hybridized carbons (Fsp3) is 0.143. The Balaban J connectivity index is 1.57. The zero-order valence-corrected chi connectivity index (χ0v) is 15.2. The smallest absolute Gasteiger partial charge is 0.154 e. The summed E-state index contributed by atoms with van der Waals surface area (Å²) in [4.78, 5) is 4.44. The van der Waals surface area contributed by atoms with Crippen molar-refractivity contribution in [2.24, 2.45) is 0 Å². The molecule has 0 atom stereocenters. The summed E-state index contributed by atoms with van der Waals surface area (Å²) in [5.41, 5.74) is 3.92. The van der Waals surface area contributed by atoms with Crippen molar-refractivity contribution in [2.45, 2.75) is 6.54 Å². The molecule has 1 N–H and O–H groups in total. The van der Waals surface area contributed by atoms with Crippen LogP contribution in [-0.2, 0) is 6.54 Å². The van der Waals surface area contributed by atoms with Crippen molar-refractivity contribution in [2.75, 3.05) is 19.5 Å². The second-order valence-corrected chi connectivity index (χ2v) is 6.06. The van der Waals surface area contributed by atoms with Gasteiger partial charge in [-0.3, -0.25) is 0 Å². The lowest BCUT2D eigenvalue weighted by molar-refractivity contribution is 0.414. The molecule has 0 unspecified atom stereocenters. The van der Waals surface area contributed by atoms with Gasteiger partial charge in [0.05, 0.1) is 26.1 Å². The normalized spacial score (nSPS) is 10.7. The van der Waals surface area contributed by atoms with Crippen molar-refractivity contribution in [1.29, 1.82) is 0 Å². The van der Waals surface area contributed by atoms with E-state index < -0.39 is 0 Å². The van der Waals surface area contributed by atoms with Crippen LogP contribution in [0.3, 0.4) is 0 Å². The van der Waals surface area contributed by atoms with Crippen LogP contribution in [0.5, 0.6) is 11.5 Å². The van der Waals surface area contributed by atoms with Crippen LogP contribution in [0.15, 0.2) is 66.9 Å². The van der Waals surface area contributed by atoms with Crippen molar-refractivity contribution in [1.82, 2.24) is 14.6 Å². The highest BCUT2D eigenvalue weighted by Crippen LogP contribution is 2.23. The summed E-state index contributed by atoms with van der Waals surface area (Å²) >= 11 is 0. The molecule has 0 fully saturated rings. The first-order valence-corrected chi connectivity index (χ1v) is 8.63. The van der Waals surface area contributed by atoms with Crippen LogP contribution in [0.1, 0.15) is 5.56 Å². The first kappa shape index (κ1) is 16.9. The molecule has 2 aromatic carbocycles. The fourth-order valence-electron chi connectivity index (χ4n) is 2.86. The third-order valence-corrected chi connectivity index (χ3v) is 4.38. The van der Waals surface area contributed by atoms with Crippen LogP contribution in [0.4, 0.5) is 5.82 Å². The molecular weight excluding hydrogens is 340 g/mol. The van der Waals surface area contributed by atoms with Crippen LogP contribution >= 0.6 is 0 Å². The molecule has 6 nitrogen and oxygen atoms in total. The molecule has 0 saturated heterocycles. The van der Waals surface area contributed by atoms with Crippen LogP contribution in [0.2, 0.25) is 0 Å². The Bertz CT molecular complexity index is 1040. The summed E-state index contributed by atoms with van der Waals surface area (Å²) < 4.78 is 12.3. The zero-order chi connectivity index (χ0) is 18.6. The minimum atomic E-state index is 0.676. The maximum absolute atomic E-state index is 5.23. The number of nitrogens with zero attached hydrogens (tertiary/aromatic N) is 3. The number of hydrogen-bond acceptors (Lipinski definition) is 5. The maximum atomic E-state index is 5.23. The van der Waals surface area contributed by atoms with Crippen molar-refractivity contribution < 1.29 is 9.47 Å². The Hall–Kier alpha value is -3.54. The molecule has 2 heterocycles. The van der Waals surface area contributed by atoms with Gasteiger partial charge in [0.15, 0.2) is 5.65 Å². The molecule has 0 amide bonds. The van der Waals surface area contributed by atoms with Crippen LogP contribution < -0.4 is 14.8 Å². The topological polar surface area (TPSA) is 60.7 Å². The van der Waals surface area contributed by atoms with Crippen molar-refractivity contribution in [3.8, 4) is 22.8 Å². The van der Waals surface area contributed by atoms with Gasteiger partial charge in [-0.1, -0.05) is 12.1 Å². The van der Waals surface area contributed by atoms with Crippen LogP contribution in [0, 0.1) is 0 Å². The van der Waals surface area contributed by atoms with E-state index in [0.717, 1.165) is 39.8 Å². The molecule has 0 aliphatic rings. The molecule has 4 aromatic rings. The Morgan fingerprint density at radius 1 is 0.852 bits per heavy atom. The Labute approximate surface area is 157 Å². The highest BCUT2D eigenvalue weighted by atomic mass is 16.5. The van der Waals surface area contributed by atoms with Crippen molar-refractivity contribution >= 4 is 11.5 Å². The molecule has 0 bridgehead atoms. The van der Waals surface area contributed by atoms with Gasteiger partial charge in [-0.05, 0) is 54.1 Å². The van der Waals surface area contributed by atoms with Gasteiger partial charge in [0.1, 0.15) is 17.3 Å². The average Bonchev–Trinajstić information content (AvgIpc) is 3.16. The standard InChI is InChI=1S/C21H20N4O2/c1-26-17-7-3-15(4-8-17)13-22-20-11-12-21-23-14-19(25(21)24-20)16-5-9-18(27-2)10-6-16/h3-12,14H,13H2,1-2H3,(H,22,24). The van der Waals surface area contributed by atoms with Gasteiger partial charge in [-0.2, -0.15) is 0 Å². The van der Waals surface area contributed by atoms with Gasteiger partial charge in [0.25, 0.3) is 0 Å². The second kappa shape index (κ2) is 7.37. The van der Waals surface area contributed by atoms with E-state index in [1.165, 1.54) is 0 Å². The zero-order valence-electron chi connectivity index (χ0n) is 15.2. The number of aromatic nitrogens is 3. The molecule has 0 spiro atoms. The Morgan fingerprint density at radius 2 is 1.52 bits per heavy atom. The molecule has 136 valence electrons. The molecule has 0 radical (unpaired) electrons. The predicted molar refractivity (Wildman–Crippen MR) is 105 cm³/mol. The quantitative estimate of drug-likeness (QED) is 0.563. The van der Waals surface area contributed by atoms with E-state index in [1.807, 2.05) is 71.4 Å². The number of anilines is 1. The van der Waals surface area contributed by atoms with E-state index in [2.05, 4.69) is 10.3 Å². The monoisotopic (exact) mass is 360 g/mol. The van der Waals surface area contributed by atoms with Gasteiger partial charge in [-0.15, -0.1) is 5.10 Å². The molecule has 2 aromatic heterocycles. The van der Waals surface area contributed by atoms with Crippen LogP contribution in [0.25, 0.3) is 16.9 Å². The lowest BCUT2D eigenvalue weighted by Gasteiger charge is -2.08. The van der Waals surface area contributed by atoms with Gasteiger partial charge < -0.3 is 14.8 Å². The number of benzene rings is 2. The summed E-state index contributed by atoms with van der Waals surface area (Å²) in [5.74, 6) is 2.45. The number of ether oxygens (including phenoxy) is 2. The van der Waals surface area contributed by atoms with Gasteiger partial charge >= 0.3 is 0 Å². The molecule has 6 heteroatoms. The van der Waals surface area contributed by atoms with Gasteiger partial charge in [0, 0.05) is 12.1 Å². The molecular formula is C21H20N4O2. The van der Waals surface area contributed by atoms with E-state index in [0.29, 0.717) is 6.54 Å². The number of nitrogens with one attached hydrogen (secondary N) is 1. The number of methoxy groups -OCH3 is 2. The van der Waals surface area contributed by atoms with E-state index in [1.54, 1.807) is 14.2 Å². The highest BCUT2D eigenvalue weighted by Gasteiger charge is 2.08. The first-order chi connectivity index (χ1) is 13.3. The Morgan fingerprint density at radius 3 is 2.19 bits per heavy atom. The minimum absolute atomic E-state index is 0.676. The molecule has 27 heavy (non-hydrogen) atoms. The van der Waals surface area contributed by atoms with Gasteiger partial charge in [-0.25, -0.2) is 9.50 Å². The summed E-state index contributed by atoms with van der Waals surface area (Å²) in [6, 6.07) is 19.7. The number of imidazole rings is 1. The fourth-order valence-corrected chi connectivity index (χ4v) is 2.86. The number of fused-ring (bicyclic) bond motifs is 1. The summed E-state index contributed by atoms with van der Waals surface area (Å²) in [5, 5.41) is 8.05. The minimum Gasteiger partial charge on any atom is -0.497 e. The Kier molecular flexibility index (Phi) is 4.61. The van der Waals surface area contributed by atoms with E-state index in [4.69, 9.17) is 14.6 Å². The molecule has 0 aliphatic carbocycles. The summed E-state index contributed by atoms with van der Waals surface area (Å²) in [6.45, 7) is 0.676. The van der Waals surface area contributed by atoms with Crippen molar-refractivity contribution in [3.63, 3.8) is 0 Å². The van der Waals surface area contributed by atoms with Gasteiger partial charge in [0.2, 0.25) is 0 Å². The number of hydrogen-bond donors (Lipinski definition) is 1. The van der Waals surface area contributed by atoms with E-state index in [9.17, 15) is 0 Å². The van der Waals surface area contributed by atoms with E-state index in [-0.39, 0.29) is 0 Å². The third kappa shape index (κ3) is 3.55. The van der Waals surface area contributed by atoms with E-state index >= 15 is 0 Å². The highest BCUT2D eigenvalue weighted by molar-refractivity contribution is 5.64. The maximum Gasteiger partial charge on any atom is 0.154 e. The number of rotatable bonds is 6. The molecule has 4 rings (SSSR count). The average molecular weight is 360 g/mol. The van der Waals surface area contributed by atoms with Crippen molar-refractivity contribution in [3.05, 3.63) is 72.4 Å². The van der Waals surface area contributed by atoms with Crippen LogP contribution in [-0.4, -0.2) is 28.8 Å². The first-order valence-electron chi connectivity index (χ1n) is 8.63. The third-order valence-electron chi connectivity index (χ3n) is 4.38. The molecule has 0 aliphatic heterocycles. The lowest BCUT2D eigenvalue weighted by atomic mass is 10.1. The summed E-state index contributed by atoms with van der Waals surface area (Å²) in [7, 11) is 3.32. The predicted octanol–water partition coefficient (Wildman–Crippen LogP) is 4.03.